The van der Waals surface area contributed by atoms with Crippen molar-refractivity contribution in [3.8, 4) is 0 Å². The van der Waals surface area contributed by atoms with Gasteiger partial charge in [-0.15, -0.1) is 0 Å². The summed E-state index contributed by atoms with van der Waals surface area (Å²) in [6.07, 6.45) is 3.32. The standard InChI is InChI=1S/C20H19N5O6S/c1-32(29,30)23-19(27)14-6-8-16(9-7-14)24-13-18(31-20(28)25(21)10-11-26)22-12-15-4-2-3-5-17(15)24/h2-9,11-13H,10,21H2,1H3,(H,23,27). The maximum Gasteiger partial charge on any atom is 0.431 e. The highest BCUT2D eigenvalue weighted by molar-refractivity contribution is 7.89. The number of nitrogens with two attached hydrogens (primary N) is 1. The van der Waals surface area contributed by atoms with Gasteiger partial charge in [-0.2, -0.15) is 0 Å². The van der Waals surface area contributed by atoms with Crippen LogP contribution >= 0.6 is 0 Å². The number of hydrogen-bond donors (Lipinski definition) is 2. The minimum Gasteiger partial charge on any atom is -0.389 e. The molecule has 0 saturated carbocycles. The molecule has 166 valence electrons. The first-order valence-electron chi connectivity index (χ1n) is 9.12. The molecule has 3 N–H and O–H groups in total. The number of amides is 2. The van der Waals surface area contributed by atoms with E-state index in [0.29, 0.717) is 28.2 Å². The van der Waals surface area contributed by atoms with Crippen LogP contribution in [0.3, 0.4) is 0 Å². The van der Waals surface area contributed by atoms with Gasteiger partial charge < -0.3 is 14.4 Å². The zero-order chi connectivity index (χ0) is 23.3. The fourth-order valence-electron chi connectivity index (χ4n) is 2.73. The van der Waals surface area contributed by atoms with Crippen LogP contribution in [0.25, 0.3) is 0 Å². The number of rotatable bonds is 6. The maximum absolute atomic E-state index is 12.1. The van der Waals surface area contributed by atoms with Crippen LogP contribution in [0.5, 0.6) is 0 Å². The van der Waals surface area contributed by atoms with Crippen LogP contribution in [0, 0.1) is 0 Å². The number of nitrogens with one attached hydrogen (secondary N) is 1. The molecule has 2 amide bonds. The second kappa shape index (κ2) is 9.41. The lowest BCUT2D eigenvalue weighted by Gasteiger charge is -2.22. The number of anilines is 2. The molecule has 1 aliphatic heterocycles. The number of ether oxygens (including phenoxy) is 1. The first-order valence-corrected chi connectivity index (χ1v) is 11.0. The third kappa shape index (κ3) is 5.56. The Morgan fingerprint density at radius 1 is 1.19 bits per heavy atom. The van der Waals surface area contributed by atoms with Crippen molar-refractivity contribution in [2.75, 3.05) is 17.7 Å². The predicted octanol–water partition coefficient (Wildman–Crippen LogP) is 1.26. The van der Waals surface area contributed by atoms with E-state index in [9.17, 15) is 22.8 Å². The molecule has 0 bridgehead atoms. The number of nitrogens with zero attached hydrogens (tertiary/aromatic N) is 3. The number of para-hydroxylation sites is 1. The van der Waals surface area contributed by atoms with Crippen molar-refractivity contribution in [2.24, 2.45) is 10.8 Å². The molecular weight excluding hydrogens is 438 g/mol. The summed E-state index contributed by atoms with van der Waals surface area (Å²) in [6.45, 7) is -0.350. The molecule has 1 aliphatic rings. The first kappa shape index (κ1) is 22.7. The van der Waals surface area contributed by atoms with Gasteiger partial charge in [0.2, 0.25) is 15.9 Å². The summed E-state index contributed by atoms with van der Waals surface area (Å²) in [6, 6.07) is 13.3. The average Bonchev–Trinajstić information content (AvgIpc) is 2.92. The molecule has 2 aromatic carbocycles. The van der Waals surface area contributed by atoms with Gasteiger partial charge in [0.1, 0.15) is 6.29 Å². The normalized spacial score (nSPS) is 12.8. The van der Waals surface area contributed by atoms with E-state index in [0.717, 1.165) is 6.26 Å². The Morgan fingerprint density at radius 2 is 1.88 bits per heavy atom. The SMILES string of the molecule is CS(=O)(=O)NC(=O)c1ccc(N2C=C(OC(=O)N(N)CC=O)N=Cc3ccccc32)cc1. The minimum atomic E-state index is -3.70. The first-order chi connectivity index (χ1) is 15.2. The number of aliphatic imine (C=N–C) groups is 1. The third-order valence-corrected chi connectivity index (χ3v) is 4.71. The maximum atomic E-state index is 12.1. The number of benzene rings is 2. The molecule has 1 heterocycles. The van der Waals surface area contributed by atoms with E-state index in [4.69, 9.17) is 10.6 Å². The lowest BCUT2D eigenvalue weighted by atomic mass is 10.1. The molecule has 11 nitrogen and oxygen atoms in total. The zero-order valence-electron chi connectivity index (χ0n) is 16.8. The largest absolute Gasteiger partial charge is 0.431 e. The summed E-state index contributed by atoms with van der Waals surface area (Å²) in [4.78, 5) is 40.5. The molecule has 0 radical (unpaired) electrons. The minimum absolute atomic E-state index is 0.0913. The van der Waals surface area contributed by atoms with Crippen molar-refractivity contribution < 1.29 is 27.5 Å². The topological polar surface area (TPSA) is 151 Å². The highest BCUT2D eigenvalue weighted by atomic mass is 32.2. The summed E-state index contributed by atoms with van der Waals surface area (Å²) in [5, 5.41) is 0.598. The van der Waals surface area contributed by atoms with Crippen LogP contribution in [-0.2, 0) is 19.6 Å². The van der Waals surface area contributed by atoms with Gasteiger partial charge in [0.15, 0.2) is 0 Å². The number of carbonyl (C=O) groups excluding carboxylic acids is 3. The Bertz CT molecular complexity index is 1210. The van der Waals surface area contributed by atoms with E-state index in [-0.39, 0.29) is 18.0 Å². The van der Waals surface area contributed by atoms with Crippen LogP contribution in [-0.4, -0.2) is 50.7 Å². The molecule has 0 fully saturated rings. The number of sulfonamides is 1. The Hall–Kier alpha value is -4.03. The lowest BCUT2D eigenvalue weighted by Crippen LogP contribution is -2.39. The summed E-state index contributed by atoms with van der Waals surface area (Å²) < 4.78 is 29.6. The summed E-state index contributed by atoms with van der Waals surface area (Å²) in [7, 11) is -3.70. The molecule has 0 aliphatic carbocycles. The van der Waals surface area contributed by atoms with E-state index in [2.05, 4.69) is 4.99 Å². The van der Waals surface area contributed by atoms with E-state index < -0.39 is 22.0 Å². The Morgan fingerprint density at radius 3 is 2.53 bits per heavy atom. The molecule has 3 rings (SSSR count). The number of hydrazine groups is 1. The van der Waals surface area contributed by atoms with Gasteiger partial charge in [0.05, 0.1) is 24.7 Å². The molecular formula is C20H19N5O6S. The van der Waals surface area contributed by atoms with Crippen molar-refractivity contribution in [1.82, 2.24) is 9.73 Å². The third-order valence-electron chi connectivity index (χ3n) is 4.15. The second-order valence-corrected chi connectivity index (χ2v) is 8.34. The molecule has 2 aromatic rings. The predicted molar refractivity (Wildman–Crippen MR) is 116 cm³/mol. The highest BCUT2D eigenvalue weighted by Gasteiger charge is 2.19. The molecule has 0 atom stereocenters. The molecule has 32 heavy (non-hydrogen) atoms. The molecule has 0 aromatic heterocycles. The van der Waals surface area contributed by atoms with Crippen LogP contribution < -0.4 is 15.5 Å². The lowest BCUT2D eigenvalue weighted by molar-refractivity contribution is -0.108. The molecule has 0 saturated heterocycles. The molecule has 12 heteroatoms. The van der Waals surface area contributed by atoms with Crippen LogP contribution in [0.2, 0.25) is 0 Å². The van der Waals surface area contributed by atoms with Gasteiger partial charge in [0.25, 0.3) is 5.91 Å². The van der Waals surface area contributed by atoms with Gasteiger partial charge >= 0.3 is 6.09 Å². The quantitative estimate of drug-likeness (QED) is 0.285. The van der Waals surface area contributed by atoms with E-state index in [1.54, 1.807) is 23.1 Å². The van der Waals surface area contributed by atoms with Crippen molar-refractivity contribution >= 4 is 45.9 Å². The number of carbonyl (C=O) groups is 3. The summed E-state index contributed by atoms with van der Waals surface area (Å²) >= 11 is 0. The van der Waals surface area contributed by atoms with Crippen LogP contribution in [0.15, 0.2) is 65.6 Å². The fourth-order valence-corrected chi connectivity index (χ4v) is 3.19. The van der Waals surface area contributed by atoms with Crippen molar-refractivity contribution in [3.05, 3.63) is 71.7 Å². The Labute approximate surface area is 183 Å². The highest BCUT2D eigenvalue weighted by Crippen LogP contribution is 2.31. The fraction of sp³-hybridized carbons (Fsp3) is 0.100. The van der Waals surface area contributed by atoms with Gasteiger partial charge in [-0.05, 0) is 30.3 Å². The Kier molecular flexibility index (Phi) is 6.66. The van der Waals surface area contributed by atoms with E-state index in [1.165, 1.54) is 24.5 Å². The Balaban J connectivity index is 1.94. The number of hydrogen-bond acceptors (Lipinski definition) is 9. The van der Waals surface area contributed by atoms with Crippen LogP contribution in [0.4, 0.5) is 16.2 Å². The number of aldehydes is 1. The van der Waals surface area contributed by atoms with Crippen molar-refractivity contribution in [2.45, 2.75) is 0 Å². The van der Waals surface area contributed by atoms with Gasteiger partial charge in [-0.3, -0.25) is 4.79 Å². The van der Waals surface area contributed by atoms with Crippen LogP contribution in [0.1, 0.15) is 15.9 Å². The van der Waals surface area contributed by atoms with E-state index >= 15 is 0 Å². The number of fused-ring (bicyclic) bond motifs is 1. The molecule has 0 unspecified atom stereocenters. The average molecular weight is 457 g/mol. The smallest absolute Gasteiger partial charge is 0.389 e. The second-order valence-electron chi connectivity index (χ2n) is 6.59. The zero-order valence-corrected chi connectivity index (χ0v) is 17.7. The monoisotopic (exact) mass is 457 g/mol. The molecule has 0 spiro atoms. The summed E-state index contributed by atoms with van der Waals surface area (Å²) in [5.41, 5.74) is 2.13. The van der Waals surface area contributed by atoms with Gasteiger partial charge in [-0.1, -0.05) is 18.2 Å². The van der Waals surface area contributed by atoms with E-state index in [1.807, 2.05) is 22.9 Å². The summed E-state index contributed by atoms with van der Waals surface area (Å²) in [5.74, 6) is 4.60. The van der Waals surface area contributed by atoms with Crippen molar-refractivity contribution in [3.63, 3.8) is 0 Å². The van der Waals surface area contributed by atoms with Gasteiger partial charge in [-0.25, -0.2) is 33.8 Å². The van der Waals surface area contributed by atoms with Gasteiger partial charge in [0, 0.05) is 23.0 Å². The van der Waals surface area contributed by atoms with Crippen molar-refractivity contribution in [1.29, 1.82) is 0 Å².